The van der Waals surface area contributed by atoms with E-state index in [0.29, 0.717) is 19.5 Å². The molecular weight excluding hydrogens is 314 g/mol. The van der Waals surface area contributed by atoms with E-state index >= 15 is 0 Å². The molecule has 2 fully saturated rings. The van der Waals surface area contributed by atoms with Crippen LogP contribution in [0.4, 0.5) is 0 Å². The second-order valence-corrected chi connectivity index (χ2v) is 6.70. The van der Waals surface area contributed by atoms with Gasteiger partial charge in [0.1, 0.15) is 12.1 Å². The van der Waals surface area contributed by atoms with Crippen molar-refractivity contribution >= 4 is 23.4 Å². The molecule has 0 bridgehead atoms. The summed E-state index contributed by atoms with van der Waals surface area (Å²) in [6.45, 7) is 4.78. The van der Waals surface area contributed by atoms with Gasteiger partial charge in [-0.05, 0) is 24.1 Å². The fraction of sp³-hybridized carbons (Fsp3) is 0.529. The van der Waals surface area contributed by atoms with Crippen molar-refractivity contribution < 1.29 is 9.59 Å². The minimum atomic E-state index is -0.364. The predicted octanol–water partition coefficient (Wildman–Crippen LogP) is 1.65. The zero-order valence-electron chi connectivity index (χ0n) is 13.3. The molecule has 1 N–H and O–H groups in total. The van der Waals surface area contributed by atoms with Gasteiger partial charge in [-0.15, -0.1) is 0 Å². The van der Waals surface area contributed by atoms with Gasteiger partial charge in [-0.3, -0.25) is 14.5 Å². The van der Waals surface area contributed by atoms with Gasteiger partial charge in [-0.2, -0.15) is 0 Å². The summed E-state index contributed by atoms with van der Waals surface area (Å²) in [5, 5.41) is 3.60. The summed E-state index contributed by atoms with van der Waals surface area (Å²) in [6.07, 6.45) is 1.60. The van der Waals surface area contributed by atoms with Gasteiger partial charge in [0.25, 0.3) is 0 Å². The smallest absolute Gasteiger partial charge is 0.245 e. The van der Waals surface area contributed by atoms with Crippen LogP contribution in [0.2, 0.25) is 5.02 Å². The molecule has 2 heterocycles. The number of amides is 2. The van der Waals surface area contributed by atoms with Crippen LogP contribution in [0.5, 0.6) is 0 Å². The van der Waals surface area contributed by atoms with Crippen LogP contribution in [0.15, 0.2) is 24.3 Å². The Morgan fingerprint density at radius 1 is 1.22 bits per heavy atom. The Hall–Kier alpha value is -1.59. The van der Waals surface area contributed by atoms with E-state index in [9.17, 15) is 9.59 Å². The standard InChI is InChI=1S/C17H22ClN3O2/c1-2-3-14-17(23)21-9-8-20(11-15(21)16(22)19-14)10-12-4-6-13(18)7-5-12/h4-7,14-15H,2-3,8-11H2,1H3,(H,19,22)/t14-,15+/m0/s1. The largest absolute Gasteiger partial charge is 0.342 e. The molecule has 0 aliphatic carbocycles. The first-order chi connectivity index (χ1) is 11.1. The van der Waals surface area contributed by atoms with Crippen LogP contribution in [0.25, 0.3) is 0 Å². The normalized spacial score (nSPS) is 25.2. The summed E-state index contributed by atoms with van der Waals surface area (Å²) in [5.41, 5.74) is 1.16. The molecule has 2 atom stereocenters. The van der Waals surface area contributed by atoms with E-state index in [0.717, 1.165) is 30.1 Å². The summed E-state index contributed by atoms with van der Waals surface area (Å²) in [7, 11) is 0. The first kappa shape index (κ1) is 16.3. The maximum Gasteiger partial charge on any atom is 0.245 e. The number of piperazine rings is 2. The first-order valence-electron chi connectivity index (χ1n) is 8.16. The van der Waals surface area contributed by atoms with Crippen LogP contribution < -0.4 is 5.32 Å². The van der Waals surface area contributed by atoms with Crippen LogP contribution >= 0.6 is 11.6 Å². The minimum Gasteiger partial charge on any atom is -0.342 e. The predicted molar refractivity (Wildman–Crippen MR) is 89.1 cm³/mol. The minimum absolute atomic E-state index is 0.0242. The molecule has 5 nitrogen and oxygen atoms in total. The number of carbonyl (C=O) groups is 2. The topological polar surface area (TPSA) is 52.7 Å². The Morgan fingerprint density at radius 2 is 1.96 bits per heavy atom. The highest BCUT2D eigenvalue weighted by molar-refractivity contribution is 6.30. The zero-order valence-corrected chi connectivity index (χ0v) is 14.1. The van der Waals surface area contributed by atoms with Crippen molar-refractivity contribution in [2.24, 2.45) is 0 Å². The van der Waals surface area contributed by atoms with Gasteiger partial charge >= 0.3 is 0 Å². The van der Waals surface area contributed by atoms with Gasteiger partial charge in [0.15, 0.2) is 0 Å². The number of nitrogens with zero attached hydrogens (tertiary/aromatic N) is 2. The molecule has 2 aliphatic rings. The molecule has 1 aromatic rings. The molecule has 3 rings (SSSR count). The number of halogens is 1. The van der Waals surface area contributed by atoms with Gasteiger partial charge in [0, 0.05) is 31.2 Å². The van der Waals surface area contributed by atoms with E-state index in [1.807, 2.05) is 31.2 Å². The van der Waals surface area contributed by atoms with Gasteiger partial charge in [-0.1, -0.05) is 37.1 Å². The van der Waals surface area contributed by atoms with Crippen molar-refractivity contribution in [3.63, 3.8) is 0 Å². The Kier molecular flexibility index (Phi) is 4.87. The van der Waals surface area contributed by atoms with Crippen molar-refractivity contribution in [2.75, 3.05) is 19.6 Å². The second-order valence-electron chi connectivity index (χ2n) is 6.26. The Balaban J connectivity index is 1.65. The summed E-state index contributed by atoms with van der Waals surface area (Å²) in [6, 6.07) is 7.04. The molecule has 0 saturated carbocycles. The Bertz CT molecular complexity index is 590. The van der Waals surface area contributed by atoms with Crippen molar-refractivity contribution in [3.8, 4) is 0 Å². The molecule has 6 heteroatoms. The van der Waals surface area contributed by atoms with Crippen LogP contribution in [0, 0.1) is 0 Å². The van der Waals surface area contributed by atoms with E-state index < -0.39 is 0 Å². The molecule has 0 spiro atoms. The molecule has 0 unspecified atom stereocenters. The van der Waals surface area contributed by atoms with E-state index in [1.165, 1.54) is 0 Å². The third kappa shape index (κ3) is 3.51. The van der Waals surface area contributed by atoms with Gasteiger partial charge in [0.2, 0.25) is 11.8 Å². The quantitative estimate of drug-likeness (QED) is 0.910. The molecule has 0 radical (unpaired) electrons. The van der Waals surface area contributed by atoms with Crippen molar-refractivity contribution in [1.29, 1.82) is 0 Å². The molecule has 1 aromatic carbocycles. The molecule has 2 aliphatic heterocycles. The Labute approximate surface area is 141 Å². The lowest BCUT2D eigenvalue weighted by Gasteiger charge is -2.45. The second kappa shape index (κ2) is 6.89. The van der Waals surface area contributed by atoms with E-state index in [2.05, 4.69) is 10.2 Å². The van der Waals surface area contributed by atoms with E-state index in [1.54, 1.807) is 4.90 Å². The lowest BCUT2D eigenvalue weighted by Crippen LogP contribution is -2.69. The van der Waals surface area contributed by atoms with E-state index in [-0.39, 0.29) is 23.9 Å². The number of hydrogen-bond donors (Lipinski definition) is 1. The monoisotopic (exact) mass is 335 g/mol. The average molecular weight is 336 g/mol. The molecule has 23 heavy (non-hydrogen) atoms. The highest BCUT2D eigenvalue weighted by Crippen LogP contribution is 2.20. The molecule has 0 aromatic heterocycles. The van der Waals surface area contributed by atoms with E-state index in [4.69, 9.17) is 11.6 Å². The van der Waals surface area contributed by atoms with Gasteiger partial charge in [0.05, 0.1) is 0 Å². The average Bonchev–Trinajstić information content (AvgIpc) is 2.55. The third-order valence-corrected chi connectivity index (χ3v) is 4.81. The Morgan fingerprint density at radius 3 is 2.65 bits per heavy atom. The lowest BCUT2D eigenvalue weighted by atomic mass is 10.0. The van der Waals surface area contributed by atoms with Crippen molar-refractivity contribution in [2.45, 2.75) is 38.4 Å². The van der Waals surface area contributed by atoms with Gasteiger partial charge in [-0.25, -0.2) is 0 Å². The fourth-order valence-electron chi connectivity index (χ4n) is 3.33. The number of benzene rings is 1. The van der Waals surface area contributed by atoms with Gasteiger partial charge < -0.3 is 10.2 Å². The van der Waals surface area contributed by atoms with Crippen LogP contribution in [-0.2, 0) is 16.1 Å². The molecule has 2 saturated heterocycles. The van der Waals surface area contributed by atoms with Crippen LogP contribution in [0.3, 0.4) is 0 Å². The maximum absolute atomic E-state index is 12.5. The number of fused-ring (bicyclic) bond motifs is 1. The summed E-state index contributed by atoms with van der Waals surface area (Å²) < 4.78 is 0. The molecular formula is C17H22ClN3O2. The lowest BCUT2D eigenvalue weighted by molar-refractivity contribution is -0.153. The maximum atomic E-state index is 12.5. The van der Waals surface area contributed by atoms with Crippen molar-refractivity contribution in [3.05, 3.63) is 34.9 Å². The van der Waals surface area contributed by atoms with Crippen LogP contribution in [0.1, 0.15) is 25.3 Å². The summed E-state index contributed by atoms with van der Waals surface area (Å²) in [5.74, 6) is 0.0476. The SMILES string of the molecule is CCC[C@@H]1NC(=O)[C@H]2CN(Cc3ccc(Cl)cc3)CCN2C1=O. The number of rotatable bonds is 4. The highest BCUT2D eigenvalue weighted by Gasteiger charge is 2.42. The fourth-order valence-corrected chi connectivity index (χ4v) is 3.46. The summed E-state index contributed by atoms with van der Waals surface area (Å²) in [4.78, 5) is 28.8. The van der Waals surface area contributed by atoms with Crippen LogP contribution in [-0.4, -0.2) is 53.3 Å². The first-order valence-corrected chi connectivity index (χ1v) is 8.54. The number of hydrogen-bond acceptors (Lipinski definition) is 3. The third-order valence-electron chi connectivity index (χ3n) is 4.56. The zero-order chi connectivity index (χ0) is 16.4. The van der Waals surface area contributed by atoms with Crippen molar-refractivity contribution in [1.82, 2.24) is 15.1 Å². The molecule has 2 amide bonds. The highest BCUT2D eigenvalue weighted by atomic mass is 35.5. The summed E-state index contributed by atoms with van der Waals surface area (Å²) >= 11 is 5.91. The number of nitrogens with one attached hydrogen (secondary N) is 1. The number of carbonyl (C=O) groups excluding carboxylic acids is 2. The molecule has 124 valence electrons.